The maximum Gasteiger partial charge on any atom is 0.351 e. The lowest BCUT2D eigenvalue weighted by Crippen LogP contribution is -2.34. The number of halogens is 1. The summed E-state index contributed by atoms with van der Waals surface area (Å²) in [6.45, 7) is 3.43. The molecule has 0 radical (unpaired) electrons. The van der Waals surface area contributed by atoms with Crippen molar-refractivity contribution in [1.82, 2.24) is 9.55 Å². The molecule has 1 unspecified atom stereocenters. The van der Waals surface area contributed by atoms with Crippen molar-refractivity contribution in [3.63, 3.8) is 0 Å². The number of nitrogens with one attached hydrogen (secondary N) is 1. The standard InChI is InChI=1S/C12H14FN2O6P/c1-2-12(21-7-22(18,19)20)6-8(5-9(12)13)15-4-3-10(16)14-11(15)17/h2-5,8H,1,6-7H2,(H,14,16,17)(H2,18,19,20)/t8?,12-/m0/s1. The molecule has 1 aliphatic carbocycles. The lowest BCUT2D eigenvalue weighted by molar-refractivity contribution is 0.0207. The van der Waals surface area contributed by atoms with Gasteiger partial charge in [0.25, 0.3) is 5.56 Å². The van der Waals surface area contributed by atoms with E-state index in [1.165, 1.54) is 6.20 Å². The van der Waals surface area contributed by atoms with Crippen molar-refractivity contribution in [2.45, 2.75) is 18.1 Å². The third-order valence-corrected chi connectivity index (χ3v) is 3.75. The van der Waals surface area contributed by atoms with Gasteiger partial charge >= 0.3 is 13.3 Å². The van der Waals surface area contributed by atoms with Crippen LogP contribution in [0.25, 0.3) is 0 Å². The summed E-state index contributed by atoms with van der Waals surface area (Å²) >= 11 is 0. The minimum atomic E-state index is -4.49. The Morgan fingerprint density at radius 3 is 2.82 bits per heavy atom. The van der Waals surface area contributed by atoms with Crippen LogP contribution >= 0.6 is 7.60 Å². The van der Waals surface area contributed by atoms with Gasteiger partial charge in [0.05, 0.1) is 6.04 Å². The molecule has 0 spiro atoms. The summed E-state index contributed by atoms with van der Waals surface area (Å²) in [4.78, 5) is 42.5. The summed E-state index contributed by atoms with van der Waals surface area (Å²) in [5.74, 6) is -0.806. The fraction of sp³-hybridized carbons (Fsp3) is 0.333. The summed E-state index contributed by atoms with van der Waals surface area (Å²) < 4.78 is 31.2. The van der Waals surface area contributed by atoms with Crippen molar-refractivity contribution in [3.8, 4) is 0 Å². The first-order chi connectivity index (χ1) is 10.2. The van der Waals surface area contributed by atoms with Gasteiger partial charge in [-0.15, -0.1) is 0 Å². The van der Waals surface area contributed by atoms with E-state index in [1.807, 2.05) is 4.98 Å². The highest BCUT2D eigenvalue weighted by atomic mass is 31.2. The minimum Gasteiger partial charge on any atom is -0.351 e. The first kappa shape index (κ1) is 16.6. The van der Waals surface area contributed by atoms with Gasteiger partial charge in [0, 0.05) is 18.7 Å². The molecule has 0 saturated heterocycles. The summed E-state index contributed by atoms with van der Waals surface area (Å²) in [7, 11) is -4.49. The number of ether oxygens (including phenoxy) is 1. The van der Waals surface area contributed by atoms with E-state index in [0.29, 0.717) is 0 Å². The SMILES string of the molecule is C=C[C@]1(OCP(=O)(O)O)CC(n2ccc(=O)[nH]c2=O)C=C1F. The molecule has 1 aromatic heterocycles. The van der Waals surface area contributed by atoms with Crippen molar-refractivity contribution in [2.75, 3.05) is 6.35 Å². The van der Waals surface area contributed by atoms with Crippen LogP contribution in [0.15, 0.2) is 46.4 Å². The highest BCUT2D eigenvalue weighted by molar-refractivity contribution is 7.51. The maximum absolute atomic E-state index is 14.2. The number of hydrogen-bond donors (Lipinski definition) is 3. The first-order valence-corrected chi connectivity index (χ1v) is 7.98. The van der Waals surface area contributed by atoms with Gasteiger partial charge in [-0.05, 0) is 6.08 Å². The van der Waals surface area contributed by atoms with Crippen molar-refractivity contribution >= 4 is 7.60 Å². The molecule has 3 N–H and O–H groups in total. The third kappa shape index (κ3) is 3.33. The van der Waals surface area contributed by atoms with Gasteiger partial charge in [0.1, 0.15) is 17.8 Å². The Morgan fingerprint density at radius 1 is 1.59 bits per heavy atom. The van der Waals surface area contributed by atoms with Crippen LogP contribution in [0.3, 0.4) is 0 Å². The van der Waals surface area contributed by atoms with E-state index in [0.717, 1.165) is 22.8 Å². The molecule has 0 bridgehead atoms. The average molecular weight is 332 g/mol. The Morgan fingerprint density at radius 2 is 2.27 bits per heavy atom. The number of aromatic amines is 1. The van der Waals surface area contributed by atoms with Crippen LogP contribution in [0.4, 0.5) is 4.39 Å². The van der Waals surface area contributed by atoms with E-state index in [-0.39, 0.29) is 6.42 Å². The first-order valence-electron chi connectivity index (χ1n) is 6.18. The van der Waals surface area contributed by atoms with E-state index < -0.39 is 42.7 Å². The molecule has 2 rings (SSSR count). The Balaban J connectivity index is 2.30. The quantitative estimate of drug-likeness (QED) is 0.530. The molecule has 120 valence electrons. The molecule has 10 heteroatoms. The largest absolute Gasteiger partial charge is 0.351 e. The zero-order valence-electron chi connectivity index (χ0n) is 11.3. The van der Waals surface area contributed by atoms with Crippen molar-refractivity contribution < 1.29 is 23.5 Å². The normalized spacial score (nSPS) is 25.0. The number of nitrogens with zero attached hydrogens (tertiary/aromatic N) is 1. The topological polar surface area (TPSA) is 122 Å². The Bertz CT molecular complexity index is 778. The molecule has 1 aliphatic rings. The van der Waals surface area contributed by atoms with Gasteiger partial charge in [-0.25, -0.2) is 9.18 Å². The molecule has 1 heterocycles. The van der Waals surface area contributed by atoms with E-state index in [9.17, 15) is 18.5 Å². The highest BCUT2D eigenvalue weighted by Crippen LogP contribution is 2.44. The number of aromatic nitrogens is 2. The zero-order chi connectivity index (χ0) is 16.5. The molecule has 22 heavy (non-hydrogen) atoms. The molecule has 0 aromatic carbocycles. The van der Waals surface area contributed by atoms with Gasteiger partial charge in [-0.1, -0.05) is 12.7 Å². The lowest BCUT2D eigenvalue weighted by atomic mass is 10.0. The highest BCUT2D eigenvalue weighted by Gasteiger charge is 2.43. The molecule has 0 saturated carbocycles. The molecular weight excluding hydrogens is 318 g/mol. The van der Waals surface area contributed by atoms with E-state index in [1.54, 1.807) is 0 Å². The molecule has 8 nitrogen and oxygen atoms in total. The predicted octanol–water partition coefficient (Wildman–Crippen LogP) is 0.411. The fourth-order valence-electron chi connectivity index (χ4n) is 2.21. The maximum atomic E-state index is 14.2. The van der Waals surface area contributed by atoms with Crippen molar-refractivity contribution in [1.29, 1.82) is 0 Å². The smallest absolute Gasteiger partial charge is 0.351 e. The van der Waals surface area contributed by atoms with Gasteiger partial charge < -0.3 is 14.5 Å². The van der Waals surface area contributed by atoms with Gasteiger partial charge in [0.15, 0.2) is 0 Å². The zero-order valence-corrected chi connectivity index (χ0v) is 12.2. The van der Waals surface area contributed by atoms with Crippen LogP contribution in [0.5, 0.6) is 0 Å². The molecule has 0 amide bonds. The van der Waals surface area contributed by atoms with E-state index in [4.69, 9.17) is 14.5 Å². The van der Waals surface area contributed by atoms with Crippen LogP contribution in [0, 0.1) is 0 Å². The van der Waals surface area contributed by atoms with Crippen LogP contribution in [-0.4, -0.2) is 31.3 Å². The Hall–Kier alpha value is -1.80. The number of H-pyrrole nitrogens is 1. The number of allylic oxidation sites excluding steroid dienone is 1. The van der Waals surface area contributed by atoms with Gasteiger partial charge in [-0.3, -0.25) is 18.9 Å². The Kier molecular flexibility index (Phi) is 4.35. The molecule has 1 aromatic rings. The van der Waals surface area contributed by atoms with Crippen molar-refractivity contribution in [2.24, 2.45) is 0 Å². The van der Waals surface area contributed by atoms with E-state index >= 15 is 0 Å². The summed E-state index contributed by atoms with van der Waals surface area (Å²) in [5.41, 5.74) is -3.03. The van der Waals surface area contributed by atoms with Crippen LogP contribution in [-0.2, 0) is 9.30 Å². The summed E-state index contributed by atoms with van der Waals surface area (Å²) in [6, 6.07) is 0.330. The molecule has 0 aliphatic heterocycles. The monoisotopic (exact) mass is 332 g/mol. The van der Waals surface area contributed by atoms with E-state index in [2.05, 4.69) is 6.58 Å². The minimum absolute atomic E-state index is 0.117. The summed E-state index contributed by atoms with van der Waals surface area (Å²) in [5, 5.41) is 0. The van der Waals surface area contributed by atoms with Gasteiger partial charge in [0.2, 0.25) is 0 Å². The summed E-state index contributed by atoms with van der Waals surface area (Å²) in [6.07, 6.45) is 2.28. The molecule has 0 fully saturated rings. The second kappa shape index (κ2) is 5.77. The average Bonchev–Trinajstić information content (AvgIpc) is 2.73. The van der Waals surface area contributed by atoms with Gasteiger partial charge in [-0.2, -0.15) is 0 Å². The lowest BCUT2D eigenvalue weighted by Gasteiger charge is -2.26. The molecular formula is C12H14FN2O6P. The Labute approximate surface area is 123 Å². The predicted molar refractivity (Wildman–Crippen MR) is 75.1 cm³/mol. The molecule has 2 atom stereocenters. The van der Waals surface area contributed by atoms with Crippen LogP contribution in [0.1, 0.15) is 12.5 Å². The number of hydrogen-bond acceptors (Lipinski definition) is 4. The fourth-order valence-corrected chi connectivity index (χ4v) is 2.61. The van der Waals surface area contributed by atoms with Crippen LogP contribution in [0.2, 0.25) is 0 Å². The van der Waals surface area contributed by atoms with Crippen molar-refractivity contribution in [3.05, 3.63) is 57.7 Å². The van der Waals surface area contributed by atoms with Crippen LogP contribution < -0.4 is 11.2 Å². The second-order valence-electron chi connectivity index (χ2n) is 4.84. The number of rotatable bonds is 5. The third-order valence-electron chi connectivity index (χ3n) is 3.28. The second-order valence-corrected chi connectivity index (χ2v) is 6.42.